The zero-order valence-electron chi connectivity index (χ0n) is 23.8. The molecule has 10 heteroatoms. The van der Waals surface area contributed by atoms with Gasteiger partial charge in [-0.15, -0.1) is 0 Å². The Morgan fingerprint density at radius 2 is 2.05 bits per heavy atom. The minimum Gasteiger partial charge on any atom is -0.444 e. The molecule has 0 bridgehead atoms. The van der Waals surface area contributed by atoms with Crippen molar-refractivity contribution in [2.45, 2.75) is 77.0 Å². The van der Waals surface area contributed by atoms with Crippen molar-refractivity contribution in [2.75, 3.05) is 32.2 Å². The van der Waals surface area contributed by atoms with E-state index in [0.717, 1.165) is 42.6 Å². The van der Waals surface area contributed by atoms with Crippen LogP contribution < -0.4 is 10.6 Å². The van der Waals surface area contributed by atoms with E-state index >= 15 is 0 Å². The van der Waals surface area contributed by atoms with E-state index in [1.807, 2.05) is 45.0 Å². The van der Waals surface area contributed by atoms with E-state index in [1.165, 1.54) is 0 Å². The Morgan fingerprint density at radius 3 is 2.75 bits per heavy atom. The summed E-state index contributed by atoms with van der Waals surface area (Å²) in [6, 6.07) is 10.2. The fourth-order valence-electron chi connectivity index (χ4n) is 5.40. The smallest absolute Gasteiger partial charge is 0.407 e. The fourth-order valence-corrected chi connectivity index (χ4v) is 5.60. The lowest BCUT2D eigenvalue weighted by atomic mass is 9.81. The second kappa shape index (κ2) is 13.2. The number of hydrogen-bond acceptors (Lipinski definition) is 8. The average molecular weight is 570 g/mol. The van der Waals surface area contributed by atoms with Crippen molar-refractivity contribution in [3.8, 4) is 17.3 Å². The molecule has 1 amide bonds. The summed E-state index contributed by atoms with van der Waals surface area (Å²) in [7, 11) is 1.68. The maximum atomic E-state index is 12.3. The third-order valence-corrected chi connectivity index (χ3v) is 7.94. The van der Waals surface area contributed by atoms with Gasteiger partial charge in [0.05, 0.1) is 34.3 Å². The van der Waals surface area contributed by atoms with Crippen LogP contribution in [0.25, 0.3) is 11.3 Å². The van der Waals surface area contributed by atoms with Crippen molar-refractivity contribution in [1.82, 2.24) is 15.3 Å². The van der Waals surface area contributed by atoms with E-state index in [2.05, 4.69) is 21.7 Å². The standard InChI is InChI=1S/C30H40ClN5O4/c1-29(2,3)40-28(37)36-25-9-8-20(15-26(25)38-4)14-21-16-22(23(31)17-33-21)24-6-5-7-27(35-24)34-19-30(18-32)10-12-39-13-11-30/h5-7,16-17,20,25-26H,8-15,19H2,1-4H3,(H,34,35)(H,36,37)/t20-,25+,26+/m1/s1. The number of rotatable bonds is 8. The maximum Gasteiger partial charge on any atom is 0.407 e. The van der Waals surface area contributed by atoms with Crippen LogP contribution in [0.3, 0.4) is 0 Å². The van der Waals surface area contributed by atoms with E-state index in [0.29, 0.717) is 49.4 Å². The Bertz CT molecular complexity index is 1210. The predicted molar refractivity (Wildman–Crippen MR) is 154 cm³/mol. The monoisotopic (exact) mass is 569 g/mol. The summed E-state index contributed by atoms with van der Waals surface area (Å²) in [6.45, 7) is 7.28. The van der Waals surface area contributed by atoms with Crippen molar-refractivity contribution in [2.24, 2.45) is 11.3 Å². The van der Waals surface area contributed by atoms with E-state index in [9.17, 15) is 10.1 Å². The summed E-state index contributed by atoms with van der Waals surface area (Å²) in [6.07, 6.45) is 5.89. The number of carbonyl (C=O) groups excluding carboxylic acids is 1. The van der Waals surface area contributed by atoms with Gasteiger partial charge in [-0.1, -0.05) is 17.7 Å². The number of methoxy groups -OCH3 is 1. The molecular formula is C30H40ClN5O4. The van der Waals surface area contributed by atoms with Crippen LogP contribution in [-0.2, 0) is 20.6 Å². The van der Waals surface area contributed by atoms with Crippen LogP contribution in [0, 0.1) is 22.7 Å². The normalized spacial score (nSPS) is 22.6. The topological polar surface area (TPSA) is 118 Å². The minimum atomic E-state index is -0.546. The number of anilines is 1. The lowest BCUT2D eigenvalue weighted by molar-refractivity contribution is 0.00953. The predicted octanol–water partition coefficient (Wildman–Crippen LogP) is 5.78. The van der Waals surface area contributed by atoms with Gasteiger partial charge in [-0.05, 0) is 83.4 Å². The molecule has 216 valence electrons. The van der Waals surface area contributed by atoms with Gasteiger partial charge < -0.3 is 24.8 Å². The molecule has 9 nitrogen and oxygen atoms in total. The highest BCUT2D eigenvalue weighted by molar-refractivity contribution is 6.33. The van der Waals surface area contributed by atoms with E-state index in [4.69, 9.17) is 30.8 Å². The molecular weight excluding hydrogens is 530 g/mol. The fraction of sp³-hybridized carbons (Fsp3) is 0.600. The zero-order valence-corrected chi connectivity index (χ0v) is 24.6. The molecule has 4 rings (SSSR count). The third-order valence-electron chi connectivity index (χ3n) is 7.64. The lowest BCUT2D eigenvalue weighted by Crippen LogP contribution is -2.49. The molecule has 2 N–H and O–H groups in total. The molecule has 1 saturated heterocycles. The van der Waals surface area contributed by atoms with Gasteiger partial charge >= 0.3 is 6.09 Å². The summed E-state index contributed by atoms with van der Waals surface area (Å²) in [4.78, 5) is 21.7. The SMILES string of the molecule is CO[C@H]1C[C@@H](Cc2cc(-c3cccc(NCC4(C#N)CCOCC4)n3)c(Cl)cn2)CC[C@@H]1NC(=O)OC(C)(C)C. The third kappa shape index (κ3) is 8.06. The molecule has 40 heavy (non-hydrogen) atoms. The van der Waals surface area contributed by atoms with Crippen molar-refractivity contribution in [3.05, 3.63) is 41.2 Å². The van der Waals surface area contributed by atoms with Crippen LogP contribution in [0.4, 0.5) is 10.6 Å². The maximum absolute atomic E-state index is 12.3. The largest absolute Gasteiger partial charge is 0.444 e. The number of pyridine rings is 2. The second-order valence-corrected chi connectivity index (χ2v) is 12.2. The molecule has 0 unspecified atom stereocenters. The van der Waals surface area contributed by atoms with Gasteiger partial charge in [0.2, 0.25) is 0 Å². The van der Waals surface area contributed by atoms with Gasteiger partial charge in [-0.3, -0.25) is 4.98 Å². The van der Waals surface area contributed by atoms with Crippen molar-refractivity contribution < 1.29 is 19.0 Å². The number of nitrogens with zero attached hydrogens (tertiary/aromatic N) is 3. The first kappa shape index (κ1) is 30.0. The van der Waals surface area contributed by atoms with Gasteiger partial charge in [0.1, 0.15) is 11.4 Å². The van der Waals surface area contributed by atoms with Gasteiger partial charge in [0.15, 0.2) is 0 Å². The van der Waals surface area contributed by atoms with Gasteiger partial charge in [-0.25, -0.2) is 9.78 Å². The number of nitrogens with one attached hydrogen (secondary N) is 2. The molecule has 2 aromatic heterocycles. The molecule has 1 aliphatic heterocycles. The highest BCUT2D eigenvalue weighted by atomic mass is 35.5. The number of ether oxygens (including phenoxy) is 3. The van der Waals surface area contributed by atoms with Gasteiger partial charge in [-0.2, -0.15) is 5.26 Å². The first-order valence-electron chi connectivity index (χ1n) is 14.0. The second-order valence-electron chi connectivity index (χ2n) is 11.8. The number of amides is 1. The molecule has 1 saturated carbocycles. The van der Waals surface area contributed by atoms with E-state index in [1.54, 1.807) is 13.3 Å². The Kier molecular flexibility index (Phi) is 9.88. The quantitative estimate of drug-likeness (QED) is 0.410. The number of carbonyl (C=O) groups is 1. The molecule has 3 atom stereocenters. The number of aromatic nitrogens is 2. The Morgan fingerprint density at radius 1 is 1.27 bits per heavy atom. The molecule has 2 aromatic rings. The van der Waals surface area contributed by atoms with Crippen LogP contribution in [0.5, 0.6) is 0 Å². The van der Waals surface area contributed by atoms with Crippen molar-refractivity contribution in [3.63, 3.8) is 0 Å². The molecule has 3 heterocycles. The minimum absolute atomic E-state index is 0.0921. The van der Waals surface area contributed by atoms with Gasteiger partial charge in [0, 0.05) is 44.3 Å². The van der Waals surface area contributed by atoms with E-state index < -0.39 is 17.1 Å². The molecule has 1 aliphatic carbocycles. The van der Waals surface area contributed by atoms with Crippen LogP contribution >= 0.6 is 11.6 Å². The molecule has 2 aliphatic rings. The molecule has 0 spiro atoms. The summed E-state index contributed by atoms with van der Waals surface area (Å²) in [5.41, 5.74) is 1.51. The highest BCUT2D eigenvalue weighted by Crippen LogP contribution is 2.33. The number of nitriles is 1. The number of alkyl carbamates (subject to hydrolysis) is 1. The molecule has 0 aromatic carbocycles. The van der Waals surface area contributed by atoms with Crippen LogP contribution in [-0.4, -0.2) is 60.7 Å². The van der Waals surface area contributed by atoms with Crippen LogP contribution in [0.1, 0.15) is 58.6 Å². The summed E-state index contributed by atoms with van der Waals surface area (Å²) in [5, 5.41) is 16.6. The molecule has 2 fully saturated rings. The summed E-state index contributed by atoms with van der Waals surface area (Å²) < 4.78 is 16.6. The first-order valence-corrected chi connectivity index (χ1v) is 14.3. The summed E-state index contributed by atoms with van der Waals surface area (Å²) >= 11 is 6.58. The Labute approximate surface area is 242 Å². The van der Waals surface area contributed by atoms with Crippen molar-refractivity contribution >= 4 is 23.5 Å². The zero-order chi connectivity index (χ0) is 28.8. The Balaban J connectivity index is 1.40. The number of halogens is 1. The highest BCUT2D eigenvalue weighted by Gasteiger charge is 2.34. The summed E-state index contributed by atoms with van der Waals surface area (Å²) in [5.74, 6) is 1.05. The van der Waals surface area contributed by atoms with Gasteiger partial charge in [0.25, 0.3) is 0 Å². The lowest BCUT2D eigenvalue weighted by Gasteiger charge is -2.36. The Hall–Kier alpha value is -2.93. The average Bonchev–Trinajstić information content (AvgIpc) is 2.93. The van der Waals surface area contributed by atoms with Crippen LogP contribution in [0.2, 0.25) is 5.02 Å². The van der Waals surface area contributed by atoms with Crippen molar-refractivity contribution in [1.29, 1.82) is 5.26 Å². The molecule has 0 radical (unpaired) electrons. The van der Waals surface area contributed by atoms with Crippen LogP contribution in [0.15, 0.2) is 30.5 Å². The first-order chi connectivity index (χ1) is 19.1. The van der Waals surface area contributed by atoms with E-state index in [-0.39, 0.29) is 12.1 Å². The number of hydrogen-bond donors (Lipinski definition) is 2.